The number of H-pyrrole nitrogens is 1. The van der Waals surface area contributed by atoms with Gasteiger partial charge in [0.25, 0.3) is 5.56 Å². The number of fused-ring (bicyclic) bond motifs is 1. The van der Waals surface area contributed by atoms with Crippen LogP contribution in [0, 0.1) is 6.92 Å². The first kappa shape index (κ1) is 22.9. The molecule has 2 saturated heterocycles. The summed E-state index contributed by atoms with van der Waals surface area (Å²) in [5, 5.41) is 0.674. The summed E-state index contributed by atoms with van der Waals surface area (Å²) in [6.45, 7) is 5.65. The second kappa shape index (κ2) is 10.2. The number of ether oxygens (including phenoxy) is 2. The van der Waals surface area contributed by atoms with Gasteiger partial charge in [-0.3, -0.25) is 19.5 Å². The second-order valence-corrected chi connectivity index (χ2v) is 9.67. The molecular formula is C24H29N5O4S. The molecular weight excluding hydrogens is 454 g/mol. The molecule has 9 nitrogen and oxygen atoms in total. The highest BCUT2D eigenvalue weighted by atomic mass is 32.1. The number of morpholine rings is 1. The van der Waals surface area contributed by atoms with Gasteiger partial charge >= 0.3 is 0 Å². The molecule has 2 aliphatic rings. The van der Waals surface area contributed by atoms with Crippen LogP contribution in [0.4, 0.5) is 11.1 Å². The Morgan fingerprint density at radius 2 is 2.06 bits per heavy atom. The molecule has 2 fully saturated rings. The standard InChI is InChI=1S/C24H29N5O4S/c1-16-18(22(31)27-23(25-16)28-10-13-32-14-11-28)8-9-21(30)29(15-17-5-4-12-33-17)24-26-19-6-2-3-7-20(19)34-24/h2-3,6-7,17H,4-5,8-15H2,1H3,(H,25,27,31). The Morgan fingerprint density at radius 1 is 1.24 bits per heavy atom. The Kier molecular flexibility index (Phi) is 6.89. The molecule has 0 aliphatic carbocycles. The van der Waals surface area contributed by atoms with Crippen LogP contribution < -0.4 is 15.4 Å². The third kappa shape index (κ3) is 4.98. The Labute approximate surface area is 201 Å². The van der Waals surface area contributed by atoms with Crippen molar-refractivity contribution in [2.75, 3.05) is 49.3 Å². The van der Waals surface area contributed by atoms with E-state index in [1.54, 1.807) is 4.90 Å². The summed E-state index contributed by atoms with van der Waals surface area (Å²) in [5.41, 5.74) is 1.89. The van der Waals surface area contributed by atoms with Crippen molar-refractivity contribution < 1.29 is 14.3 Å². The van der Waals surface area contributed by atoms with Gasteiger partial charge < -0.3 is 14.4 Å². The van der Waals surface area contributed by atoms with Crippen LogP contribution in [0.5, 0.6) is 0 Å². The van der Waals surface area contributed by atoms with E-state index in [-0.39, 0.29) is 24.0 Å². The Bertz CT molecular complexity index is 1180. The van der Waals surface area contributed by atoms with Crippen molar-refractivity contribution in [3.63, 3.8) is 0 Å². The number of nitrogens with one attached hydrogen (secondary N) is 1. The minimum Gasteiger partial charge on any atom is -0.378 e. The Balaban J connectivity index is 1.33. The van der Waals surface area contributed by atoms with Crippen LogP contribution in [0.15, 0.2) is 29.1 Å². The molecule has 2 aliphatic heterocycles. The normalized spacial score (nSPS) is 18.5. The van der Waals surface area contributed by atoms with Gasteiger partial charge in [-0.25, -0.2) is 9.97 Å². The number of aromatic nitrogens is 3. The van der Waals surface area contributed by atoms with Gasteiger partial charge in [0.15, 0.2) is 5.13 Å². The van der Waals surface area contributed by atoms with Gasteiger partial charge in [0.05, 0.1) is 36.1 Å². The van der Waals surface area contributed by atoms with E-state index >= 15 is 0 Å². The molecule has 0 radical (unpaired) electrons. The fraction of sp³-hybridized carbons (Fsp3) is 0.500. The van der Waals surface area contributed by atoms with Crippen molar-refractivity contribution in [1.29, 1.82) is 0 Å². The van der Waals surface area contributed by atoms with Crippen LogP contribution in [0.3, 0.4) is 0 Å². The van der Waals surface area contributed by atoms with Crippen molar-refractivity contribution in [3.05, 3.63) is 45.9 Å². The highest BCUT2D eigenvalue weighted by Gasteiger charge is 2.26. The predicted octanol–water partition coefficient (Wildman–Crippen LogP) is 2.67. The number of para-hydroxylation sites is 1. The Hall–Kier alpha value is -2.82. The number of anilines is 2. The molecule has 3 aromatic rings. The number of thiazole rings is 1. The summed E-state index contributed by atoms with van der Waals surface area (Å²) in [7, 11) is 0. The summed E-state index contributed by atoms with van der Waals surface area (Å²) < 4.78 is 12.2. The maximum atomic E-state index is 13.4. The maximum absolute atomic E-state index is 13.4. The summed E-state index contributed by atoms with van der Waals surface area (Å²) in [4.78, 5) is 42.2. The first-order valence-electron chi connectivity index (χ1n) is 11.8. The zero-order valence-electron chi connectivity index (χ0n) is 19.3. The smallest absolute Gasteiger partial charge is 0.255 e. The number of amides is 1. The van der Waals surface area contributed by atoms with Gasteiger partial charge in [0.1, 0.15) is 0 Å². The summed E-state index contributed by atoms with van der Waals surface area (Å²) in [5.74, 6) is 0.501. The van der Waals surface area contributed by atoms with E-state index in [1.165, 1.54) is 11.3 Å². The predicted molar refractivity (Wildman–Crippen MR) is 132 cm³/mol. The largest absolute Gasteiger partial charge is 0.378 e. The maximum Gasteiger partial charge on any atom is 0.255 e. The zero-order valence-corrected chi connectivity index (χ0v) is 20.1. The van der Waals surface area contributed by atoms with E-state index in [4.69, 9.17) is 14.5 Å². The summed E-state index contributed by atoms with van der Waals surface area (Å²) in [6, 6.07) is 7.88. The first-order valence-corrected chi connectivity index (χ1v) is 12.6. The third-order valence-electron chi connectivity index (χ3n) is 6.33. The van der Waals surface area contributed by atoms with Crippen molar-refractivity contribution in [3.8, 4) is 0 Å². The molecule has 5 rings (SSSR count). The van der Waals surface area contributed by atoms with Crippen LogP contribution in [0.1, 0.15) is 30.5 Å². The molecule has 1 aromatic carbocycles. The summed E-state index contributed by atoms with van der Waals surface area (Å²) in [6.07, 6.45) is 2.47. The number of aryl methyl sites for hydroxylation is 1. The van der Waals surface area contributed by atoms with Crippen LogP contribution >= 0.6 is 11.3 Å². The first-order chi connectivity index (χ1) is 16.6. The molecule has 4 heterocycles. The molecule has 34 heavy (non-hydrogen) atoms. The van der Waals surface area contributed by atoms with E-state index < -0.39 is 0 Å². The lowest BCUT2D eigenvalue weighted by Crippen LogP contribution is -2.39. The van der Waals surface area contributed by atoms with Gasteiger partial charge in [-0.15, -0.1) is 0 Å². The van der Waals surface area contributed by atoms with Crippen molar-refractivity contribution in [2.45, 2.75) is 38.7 Å². The lowest BCUT2D eigenvalue weighted by atomic mass is 10.1. The SMILES string of the molecule is Cc1nc(N2CCOCC2)[nH]c(=O)c1CCC(=O)N(CC1CCCO1)c1nc2ccccc2s1. The average Bonchev–Trinajstić information content (AvgIpc) is 3.52. The lowest BCUT2D eigenvalue weighted by Gasteiger charge is -2.27. The van der Waals surface area contributed by atoms with Crippen molar-refractivity contribution >= 4 is 38.5 Å². The molecule has 1 N–H and O–H groups in total. The molecule has 1 unspecified atom stereocenters. The number of hydrogen-bond donors (Lipinski definition) is 1. The fourth-order valence-electron chi connectivity index (χ4n) is 4.44. The number of carbonyl (C=O) groups excluding carboxylic acids is 1. The van der Waals surface area contributed by atoms with Crippen LogP contribution in [0.2, 0.25) is 0 Å². The minimum atomic E-state index is -0.188. The van der Waals surface area contributed by atoms with Gasteiger partial charge in [-0.05, 0) is 38.3 Å². The third-order valence-corrected chi connectivity index (χ3v) is 7.39. The monoisotopic (exact) mass is 483 g/mol. The van der Waals surface area contributed by atoms with Gasteiger partial charge in [0.2, 0.25) is 11.9 Å². The number of carbonyl (C=O) groups is 1. The molecule has 180 valence electrons. The topological polar surface area (TPSA) is 101 Å². The zero-order chi connectivity index (χ0) is 23.5. The highest BCUT2D eigenvalue weighted by molar-refractivity contribution is 7.22. The van der Waals surface area contributed by atoms with Crippen molar-refractivity contribution in [1.82, 2.24) is 15.0 Å². The Morgan fingerprint density at radius 3 is 2.79 bits per heavy atom. The van der Waals surface area contributed by atoms with Crippen LogP contribution in [0.25, 0.3) is 10.2 Å². The van der Waals surface area contributed by atoms with Crippen molar-refractivity contribution in [2.24, 2.45) is 0 Å². The molecule has 0 bridgehead atoms. The number of rotatable bonds is 7. The molecule has 1 atom stereocenters. The quantitative estimate of drug-likeness (QED) is 0.551. The van der Waals surface area contributed by atoms with E-state index in [1.807, 2.05) is 36.1 Å². The summed E-state index contributed by atoms with van der Waals surface area (Å²) >= 11 is 1.51. The van der Waals surface area contributed by atoms with Gasteiger partial charge in [-0.1, -0.05) is 23.5 Å². The molecule has 0 spiro atoms. The van der Waals surface area contributed by atoms with Gasteiger partial charge in [-0.2, -0.15) is 0 Å². The van der Waals surface area contributed by atoms with Crippen LogP contribution in [-0.2, 0) is 20.7 Å². The molecule has 10 heteroatoms. The lowest BCUT2D eigenvalue weighted by molar-refractivity contribution is -0.119. The van der Waals surface area contributed by atoms with Gasteiger partial charge in [0, 0.05) is 37.4 Å². The number of aromatic amines is 1. The second-order valence-electron chi connectivity index (χ2n) is 8.66. The number of benzene rings is 1. The number of hydrogen-bond acceptors (Lipinski definition) is 8. The molecule has 0 saturated carbocycles. The highest BCUT2D eigenvalue weighted by Crippen LogP contribution is 2.30. The molecule has 1 amide bonds. The van der Waals surface area contributed by atoms with E-state index in [0.717, 1.165) is 29.7 Å². The van der Waals surface area contributed by atoms with Crippen LogP contribution in [-0.4, -0.2) is 66.4 Å². The van der Waals surface area contributed by atoms with E-state index in [2.05, 4.69) is 9.97 Å². The fourth-order valence-corrected chi connectivity index (χ4v) is 5.43. The molecule has 2 aromatic heterocycles. The number of nitrogens with zero attached hydrogens (tertiary/aromatic N) is 4. The average molecular weight is 484 g/mol. The minimum absolute atomic E-state index is 0.00979. The van der Waals surface area contributed by atoms with E-state index in [9.17, 15) is 9.59 Å². The van der Waals surface area contributed by atoms with E-state index in [0.29, 0.717) is 61.6 Å².